The predicted molar refractivity (Wildman–Crippen MR) is 60.1 cm³/mol. The molecule has 0 saturated heterocycles. The molecule has 1 aliphatic carbocycles. The van der Waals surface area contributed by atoms with Crippen molar-refractivity contribution in [3.8, 4) is 0 Å². The van der Waals surface area contributed by atoms with Gasteiger partial charge in [0.1, 0.15) is 6.29 Å². The van der Waals surface area contributed by atoms with Crippen molar-refractivity contribution in [2.75, 3.05) is 0 Å². The molecule has 0 aromatic rings. The Balaban J connectivity index is 2.25. The van der Waals surface area contributed by atoms with E-state index in [2.05, 4.69) is 32.9 Å². The largest absolute Gasteiger partial charge is 0.303 e. The highest BCUT2D eigenvalue weighted by molar-refractivity contribution is 5.59. The first kappa shape index (κ1) is 11.2. The quantitative estimate of drug-likeness (QED) is 0.481. The molecule has 0 spiro atoms. The Hall–Kier alpha value is -0.850. The van der Waals surface area contributed by atoms with Crippen LogP contribution in [0.2, 0.25) is 0 Å². The zero-order chi connectivity index (χ0) is 10.6. The highest BCUT2D eigenvalue weighted by Gasteiger charge is 2.34. The second kappa shape index (κ2) is 5.14. The first-order valence-electron chi connectivity index (χ1n) is 5.39. The molecule has 0 aromatic heterocycles. The van der Waals surface area contributed by atoms with Crippen molar-refractivity contribution in [2.24, 2.45) is 11.8 Å². The molecule has 0 aromatic carbocycles. The Morgan fingerprint density at radius 2 is 2.00 bits per heavy atom. The van der Waals surface area contributed by atoms with Gasteiger partial charge in [-0.05, 0) is 46.0 Å². The van der Waals surface area contributed by atoms with Gasteiger partial charge in [0, 0.05) is 5.92 Å². The SMILES string of the molecule is CC(C)=CCCC(C)=CC1CC1C=O. The Labute approximate surface area is 86.9 Å². The maximum Gasteiger partial charge on any atom is 0.123 e. The minimum atomic E-state index is 0.327. The van der Waals surface area contributed by atoms with Crippen LogP contribution in [0.5, 0.6) is 0 Å². The van der Waals surface area contributed by atoms with Gasteiger partial charge in [0.15, 0.2) is 0 Å². The monoisotopic (exact) mass is 192 g/mol. The molecule has 0 radical (unpaired) electrons. The van der Waals surface area contributed by atoms with E-state index >= 15 is 0 Å². The van der Waals surface area contributed by atoms with Crippen LogP contribution in [0.25, 0.3) is 0 Å². The van der Waals surface area contributed by atoms with Gasteiger partial charge >= 0.3 is 0 Å². The maximum absolute atomic E-state index is 10.4. The lowest BCUT2D eigenvalue weighted by atomic mass is 10.1. The molecule has 2 atom stereocenters. The Morgan fingerprint density at radius 3 is 2.50 bits per heavy atom. The van der Waals surface area contributed by atoms with E-state index in [4.69, 9.17) is 0 Å². The first-order chi connectivity index (χ1) is 6.63. The normalized spacial score (nSPS) is 25.8. The van der Waals surface area contributed by atoms with Gasteiger partial charge in [-0.15, -0.1) is 0 Å². The summed E-state index contributed by atoms with van der Waals surface area (Å²) in [7, 11) is 0. The van der Waals surface area contributed by atoms with Crippen molar-refractivity contribution in [2.45, 2.75) is 40.0 Å². The molecule has 0 amide bonds. The molecule has 1 fully saturated rings. The van der Waals surface area contributed by atoms with E-state index in [0.29, 0.717) is 11.8 Å². The summed E-state index contributed by atoms with van der Waals surface area (Å²) in [6.45, 7) is 6.42. The highest BCUT2D eigenvalue weighted by atomic mass is 16.1. The fourth-order valence-electron chi connectivity index (χ4n) is 1.62. The number of carbonyl (C=O) groups is 1. The van der Waals surface area contributed by atoms with Crippen LogP contribution in [-0.2, 0) is 4.79 Å². The number of aldehydes is 1. The molecule has 1 nitrogen and oxygen atoms in total. The summed E-state index contributed by atoms with van der Waals surface area (Å²) < 4.78 is 0. The third-order valence-electron chi connectivity index (χ3n) is 2.66. The molecule has 14 heavy (non-hydrogen) atoms. The van der Waals surface area contributed by atoms with Gasteiger partial charge in [0.25, 0.3) is 0 Å². The van der Waals surface area contributed by atoms with Crippen LogP contribution in [0, 0.1) is 11.8 Å². The van der Waals surface area contributed by atoms with Crippen LogP contribution in [0.4, 0.5) is 0 Å². The van der Waals surface area contributed by atoms with E-state index in [1.807, 2.05) is 0 Å². The van der Waals surface area contributed by atoms with E-state index in [1.54, 1.807) is 0 Å². The summed E-state index contributed by atoms with van der Waals surface area (Å²) in [5.74, 6) is 0.882. The van der Waals surface area contributed by atoms with Gasteiger partial charge in [0.2, 0.25) is 0 Å². The molecule has 78 valence electrons. The molecule has 1 heteroatoms. The molecule has 1 rings (SSSR count). The summed E-state index contributed by atoms with van der Waals surface area (Å²) in [4.78, 5) is 10.4. The number of rotatable bonds is 5. The van der Waals surface area contributed by atoms with Gasteiger partial charge in [0.05, 0.1) is 0 Å². The third kappa shape index (κ3) is 3.91. The third-order valence-corrected chi connectivity index (χ3v) is 2.66. The highest BCUT2D eigenvalue weighted by Crippen LogP contribution is 2.38. The van der Waals surface area contributed by atoms with Gasteiger partial charge in [-0.1, -0.05) is 23.3 Å². The van der Waals surface area contributed by atoms with Gasteiger partial charge in [-0.3, -0.25) is 0 Å². The lowest BCUT2D eigenvalue weighted by Crippen LogP contribution is -1.82. The first-order valence-corrected chi connectivity index (χ1v) is 5.39. The molecular weight excluding hydrogens is 172 g/mol. The summed E-state index contributed by atoms with van der Waals surface area (Å²) >= 11 is 0. The van der Waals surface area contributed by atoms with Crippen LogP contribution in [0.3, 0.4) is 0 Å². The fraction of sp³-hybridized carbons (Fsp3) is 0.615. The average Bonchev–Trinajstić information content (AvgIpc) is 2.82. The van der Waals surface area contributed by atoms with Gasteiger partial charge < -0.3 is 4.79 Å². The second-order valence-electron chi connectivity index (χ2n) is 4.53. The van der Waals surface area contributed by atoms with Crippen molar-refractivity contribution in [1.82, 2.24) is 0 Å². The summed E-state index contributed by atoms with van der Waals surface area (Å²) in [5, 5.41) is 0. The minimum absolute atomic E-state index is 0.327. The van der Waals surface area contributed by atoms with Crippen LogP contribution in [0.15, 0.2) is 23.3 Å². The average molecular weight is 192 g/mol. The van der Waals surface area contributed by atoms with E-state index in [9.17, 15) is 4.79 Å². The van der Waals surface area contributed by atoms with Crippen LogP contribution in [0.1, 0.15) is 40.0 Å². The number of carbonyl (C=O) groups excluding carboxylic acids is 1. The maximum atomic E-state index is 10.4. The standard InChI is InChI=1S/C13H20O/c1-10(2)5-4-6-11(3)7-12-8-13(12)9-14/h5,7,9,12-13H,4,6,8H2,1-3H3. The Morgan fingerprint density at radius 1 is 1.29 bits per heavy atom. The van der Waals surface area contributed by atoms with E-state index in [-0.39, 0.29) is 0 Å². The van der Waals surface area contributed by atoms with Crippen LogP contribution >= 0.6 is 0 Å². The molecule has 2 unspecified atom stereocenters. The lowest BCUT2D eigenvalue weighted by Gasteiger charge is -1.97. The molecular formula is C13H20O. The fourth-order valence-corrected chi connectivity index (χ4v) is 1.62. The van der Waals surface area contributed by atoms with Gasteiger partial charge in [-0.2, -0.15) is 0 Å². The summed E-state index contributed by atoms with van der Waals surface area (Å²) in [6.07, 6.45) is 8.96. The van der Waals surface area contributed by atoms with E-state index in [1.165, 1.54) is 11.1 Å². The minimum Gasteiger partial charge on any atom is -0.303 e. The van der Waals surface area contributed by atoms with Crippen LogP contribution in [-0.4, -0.2) is 6.29 Å². The van der Waals surface area contributed by atoms with Crippen molar-refractivity contribution < 1.29 is 4.79 Å². The van der Waals surface area contributed by atoms with Crippen LogP contribution < -0.4 is 0 Å². The number of hydrogen-bond acceptors (Lipinski definition) is 1. The van der Waals surface area contributed by atoms with Crippen molar-refractivity contribution in [1.29, 1.82) is 0 Å². The van der Waals surface area contributed by atoms with E-state index < -0.39 is 0 Å². The van der Waals surface area contributed by atoms with E-state index in [0.717, 1.165) is 25.5 Å². The Bertz CT molecular complexity index is 256. The number of allylic oxidation sites excluding steroid dienone is 4. The molecule has 0 heterocycles. The van der Waals surface area contributed by atoms with Crippen molar-refractivity contribution in [3.63, 3.8) is 0 Å². The molecule has 1 aliphatic rings. The van der Waals surface area contributed by atoms with Gasteiger partial charge in [-0.25, -0.2) is 0 Å². The molecule has 0 aliphatic heterocycles. The second-order valence-corrected chi connectivity index (χ2v) is 4.53. The smallest absolute Gasteiger partial charge is 0.123 e. The lowest BCUT2D eigenvalue weighted by molar-refractivity contribution is -0.109. The van der Waals surface area contributed by atoms with Crippen molar-refractivity contribution in [3.05, 3.63) is 23.3 Å². The van der Waals surface area contributed by atoms with Crippen molar-refractivity contribution >= 4 is 6.29 Å². The summed E-state index contributed by atoms with van der Waals surface area (Å²) in [5.41, 5.74) is 2.81. The molecule has 1 saturated carbocycles. The number of hydrogen-bond donors (Lipinski definition) is 0. The molecule has 0 N–H and O–H groups in total. The molecule has 0 bridgehead atoms. The predicted octanol–water partition coefficient (Wildman–Crippen LogP) is 3.51. The zero-order valence-electron chi connectivity index (χ0n) is 9.42. The summed E-state index contributed by atoms with van der Waals surface area (Å²) in [6, 6.07) is 0. The topological polar surface area (TPSA) is 17.1 Å². The zero-order valence-corrected chi connectivity index (χ0v) is 9.42. The Kier molecular flexibility index (Phi) is 4.12.